The van der Waals surface area contributed by atoms with Crippen molar-refractivity contribution in [2.45, 2.75) is 13.8 Å². The molecule has 0 bridgehead atoms. The lowest BCUT2D eigenvalue weighted by atomic mass is 10.1. The third kappa shape index (κ3) is 3.08. The van der Waals surface area contributed by atoms with Gasteiger partial charge in [0.15, 0.2) is 5.76 Å². The summed E-state index contributed by atoms with van der Waals surface area (Å²) in [6.45, 7) is 3.54. The number of hydrogen-bond donors (Lipinski definition) is 2. The van der Waals surface area contributed by atoms with Crippen molar-refractivity contribution in [2.75, 3.05) is 11.9 Å². The second-order valence-corrected chi connectivity index (χ2v) is 4.38. The van der Waals surface area contributed by atoms with Crippen molar-refractivity contribution in [3.63, 3.8) is 0 Å². The molecule has 1 amide bonds. The molecule has 0 radical (unpaired) electrons. The van der Waals surface area contributed by atoms with E-state index in [1.807, 2.05) is 26.0 Å². The molecule has 2 rings (SSSR count). The van der Waals surface area contributed by atoms with Gasteiger partial charge in [-0.2, -0.15) is 0 Å². The highest BCUT2D eigenvalue weighted by molar-refractivity contribution is 6.03. The summed E-state index contributed by atoms with van der Waals surface area (Å²) in [5.41, 5.74) is 3.23. The predicted molar refractivity (Wildman–Crippen MR) is 76.5 cm³/mol. The van der Waals surface area contributed by atoms with Crippen molar-refractivity contribution in [1.29, 1.82) is 0 Å². The number of anilines is 1. The largest absolute Gasteiger partial charge is 0.459 e. The minimum atomic E-state index is -0.277. The third-order valence-corrected chi connectivity index (χ3v) is 2.85. The van der Waals surface area contributed by atoms with Crippen LogP contribution >= 0.6 is 0 Å². The zero-order valence-electron chi connectivity index (χ0n) is 11.4. The molecule has 0 aliphatic carbocycles. The number of carbonyl (C=O) groups is 1. The van der Waals surface area contributed by atoms with E-state index in [2.05, 4.69) is 17.2 Å². The normalized spacial score (nSPS) is 9.75. The lowest BCUT2D eigenvalue weighted by Crippen LogP contribution is -2.12. The molecule has 0 atom stereocenters. The van der Waals surface area contributed by atoms with Crippen LogP contribution in [-0.4, -0.2) is 17.6 Å². The molecule has 102 valence electrons. The molecule has 0 saturated carbocycles. The number of aryl methyl sites for hydroxylation is 2. The number of nitrogens with one attached hydrogen (secondary N) is 1. The standard InChI is InChI=1S/C16H15NO3/c1-11-7-9-20-15(11)16(19)17-14-6-5-13(4-3-8-18)12(2)10-14/h5-7,9-10,18H,8H2,1-2H3,(H,17,19). The maximum atomic E-state index is 12.0. The van der Waals surface area contributed by atoms with Crippen LogP contribution in [-0.2, 0) is 0 Å². The summed E-state index contributed by atoms with van der Waals surface area (Å²) in [5.74, 6) is 5.48. The van der Waals surface area contributed by atoms with Crippen LogP contribution < -0.4 is 5.32 Å². The van der Waals surface area contributed by atoms with E-state index in [4.69, 9.17) is 9.52 Å². The average molecular weight is 269 g/mol. The lowest BCUT2D eigenvalue weighted by Gasteiger charge is -2.06. The van der Waals surface area contributed by atoms with Crippen LogP contribution in [0.4, 0.5) is 5.69 Å². The molecule has 0 saturated heterocycles. The lowest BCUT2D eigenvalue weighted by molar-refractivity contribution is 0.0996. The number of amides is 1. The Balaban J connectivity index is 2.17. The topological polar surface area (TPSA) is 62.5 Å². The first kappa shape index (κ1) is 13.9. The first-order valence-corrected chi connectivity index (χ1v) is 6.17. The number of aliphatic hydroxyl groups is 1. The van der Waals surface area contributed by atoms with Gasteiger partial charge in [0.1, 0.15) is 6.61 Å². The maximum absolute atomic E-state index is 12.0. The Morgan fingerprint density at radius 1 is 1.30 bits per heavy atom. The van der Waals surface area contributed by atoms with Gasteiger partial charge >= 0.3 is 0 Å². The number of hydrogen-bond acceptors (Lipinski definition) is 3. The Hall–Kier alpha value is -2.51. The van der Waals surface area contributed by atoms with Gasteiger partial charge in [0, 0.05) is 16.8 Å². The van der Waals surface area contributed by atoms with E-state index in [1.54, 1.807) is 12.1 Å². The smallest absolute Gasteiger partial charge is 0.291 e. The average Bonchev–Trinajstić information content (AvgIpc) is 2.84. The van der Waals surface area contributed by atoms with E-state index in [-0.39, 0.29) is 12.5 Å². The molecule has 1 aromatic carbocycles. The summed E-state index contributed by atoms with van der Waals surface area (Å²) in [5, 5.41) is 11.5. The zero-order valence-corrected chi connectivity index (χ0v) is 11.4. The van der Waals surface area contributed by atoms with Crippen molar-refractivity contribution in [3.05, 3.63) is 53.0 Å². The molecule has 4 heteroatoms. The fraction of sp³-hybridized carbons (Fsp3) is 0.188. The minimum Gasteiger partial charge on any atom is -0.459 e. The molecule has 0 aliphatic rings. The Kier molecular flexibility index (Phi) is 4.24. The van der Waals surface area contributed by atoms with Crippen molar-refractivity contribution >= 4 is 11.6 Å². The summed E-state index contributed by atoms with van der Waals surface area (Å²) in [4.78, 5) is 12.0. The van der Waals surface area contributed by atoms with E-state index in [0.29, 0.717) is 11.4 Å². The van der Waals surface area contributed by atoms with Gasteiger partial charge in [0.2, 0.25) is 0 Å². The van der Waals surface area contributed by atoms with Crippen LogP contribution in [0.15, 0.2) is 34.9 Å². The summed E-state index contributed by atoms with van der Waals surface area (Å²) in [6, 6.07) is 7.15. The number of carbonyl (C=O) groups excluding carboxylic acids is 1. The molecular weight excluding hydrogens is 254 g/mol. The molecule has 1 aromatic heterocycles. The van der Waals surface area contributed by atoms with Crippen molar-refractivity contribution in [2.24, 2.45) is 0 Å². The number of rotatable bonds is 2. The second kappa shape index (κ2) is 6.09. The van der Waals surface area contributed by atoms with Gasteiger partial charge in [-0.25, -0.2) is 0 Å². The fourth-order valence-electron chi connectivity index (χ4n) is 1.81. The van der Waals surface area contributed by atoms with Gasteiger partial charge < -0.3 is 14.8 Å². The van der Waals surface area contributed by atoms with Gasteiger partial charge in [-0.3, -0.25) is 4.79 Å². The molecule has 4 nitrogen and oxygen atoms in total. The van der Waals surface area contributed by atoms with Crippen LogP contribution in [0.5, 0.6) is 0 Å². The molecule has 0 unspecified atom stereocenters. The van der Waals surface area contributed by atoms with Crippen LogP contribution in [0.1, 0.15) is 27.2 Å². The SMILES string of the molecule is Cc1cc(NC(=O)c2occc2C)ccc1C#CCO. The Bertz CT molecular complexity index is 689. The molecule has 2 N–H and O–H groups in total. The second-order valence-electron chi connectivity index (χ2n) is 4.38. The van der Waals surface area contributed by atoms with Gasteiger partial charge in [0.05, 0.1) is 6.26 Å². The number of furan rings is 1. The molecule has 0 aliphatic heterocycles. The Morgan fingerprint density at radius 3 is 2.70 bits per heavy atom. The van der Waals surface area contributed by atoms with E-state index in [1.165, 1.54) is 6.26 Å². The van der Waals surface area contributed by atoms with Gasteiger partial charge in [-0.05, 0) is 43.7 Å². The van der Waals surface area contributed by atoms with Crippen LogP contribution in [0.25, 0.3) is 0 Å². The molecule has 0 fully saturated rings. The summed E-state index contributed by atoms with van der Waals surface area (Å²) < 4.78 is 5.14. The monoisotopic (exact) mass is 269 g/mol. The Morgan fingerprint density at radius 2 is 2.10 bits per heavy atom. The van der Waals surface area contributed by atoms with Crippen LogP contribution in [0.2, 0.25) is 0 Å². The zero-order chi connectivity index (χ0) is 14.5. The molecule has 1 heterocycles. The highest BCUT2D eigenvalue weighted by Crippen LogP contribution is 2.17. The van der Waals surface area contributed by atoms with E-state index >= 15 is 0 Å². The number of aliphatic hydroxyl groups excluding tert-OH is 1. The summed E-state index contributed by atoms with van der Waals surface area (Å²) in [6.07, 6.45) is 1.49. The first-order chi connectivity index (χ1) is 9.61. The first-order valence-electron chi connectivity index (χ1n) is 6.17. The van der Waals surface area contributed by atoms with Gasteiger partial charge in [0.25, 0.3) is 5.91 Å². The third-order valence-electron chi connectivity index (χ3n) is 2.85. The van der Waals surface area contributed by atoms with E-state index < -0.39 is 0 Å². The van der Waals surface area contributed by atoms with Crippen molar-refractivity contribution in [1.82, 2.24) is 0 Å². The van der Waals surface area contributed by atoms with Crippen LogP contribution in [0, 0.1) is 25.7 Å². The molecule has 0 spiro atoms. The quantitative estimate of drug-likeness (QED) is 0.823. The maximum Gasteiger partial charge on any atom is 0.291 e. The highest BCUT2D eigenvalue weighted by atomic mass is 16.3. The van der Waals surface area contributed by atoms with Crippen LogP contribution in [0.3, 0.4) is 0 Å². The van der Waals surface area contributed by atoms with Gasteiger partial charge in [-0.1, -0.05) is 11.8 Å². The summed E-state index contributed by atoms with van der Waals surface area (Å²) in [7, 11) is 0. The molecular formula is C16H15NO3. The fourth-order valence-corrected chi connectivity index (χ4v) is 1.81. The molecule has 20 heavy (non-hydrogen) atoms. The van der Waals surface area contributed by atoms with E-state index in [9.17, 15) is 4.79 Å². The predicted octanol–water partition coefficient (Wildman–Crippen LogP) is 2.49. The molecule has 2 aromatic rings. The highest BCUT2D eigenvalue weighted by Gasteiger charge is 2.12. The van der Waals surface area contributed by atoms with Crippen molar-refractivity contribution in [3.8, 4) is 11.8 Å². The van der Waals surface area contributed by atoms with E-state index in [0.717, 1.165) is 16.7 Å². The number of benzene rings is 1. The summed E-state index contributed by atoms with van der Waals surface area (Å²) >= 11 is 0. The minimum absolute atomic E-state index is 0.171. The Labute approximate surface area is 117 Å². The van der Waals surface area contributed by atoms with Gasteiger partial charge in [-0.15, -0.1) is 0 Å². The van der Waals surface area contributed by atoms with Crippen molar-refractivity contribution < 1.29 is 14.3 Å².